The number of aliphatic hydroxyl groups excluding tert-OH is 3. The number of aliphatic carboxylic acids is 1. The Balaban J connectivity index is 3.10. The van der Waals surface area contributed by atoms with E-state index in [4.69, 9.17) is 11.2 Å². The van der Waals surface area contributed by atoms with Gasteiger partial charge >= 0.3 is 11.9 Å². The van der Waals surface area contributed by atoms with Gasteiger partial charge in [-0.25, -0.2) is 4.79 Å². The molecular formula is C13H21NO10. The van der Waals surface area contributed by atoms with Gasteiger partial charge in [-0.2, -0.15) is 0 Å². The highest BCUT2D eigenvalue weighted by atomic mass is 16.7. The smallest absolute Gasteiger partial charge is 0.364 e. The molecule has 0 bridgehead atoms. The molecular weight excluding hydrogens is 330 g/mol. The van der Waals surface area contributed by atoms with Crippen LogP contribution in [0.4, 0.5) is 0 Å². The second kappa shape index (κ2) is 7.85. The summed E-state index contributed by atoms with van der Waals surface area (Å²) in [6.45, 7) is 0.0905. The molecule has 0 aromatic heterocycles. The maximum absolute atomic E-state index is 11.3. The molecule has 1 aliphatic heterocycles. The summed E-state index contributed by atoms with van der Waals surface area (Å²) in [5, 5.41) is 51.3. The number of hydrogen-bond donors (Lipinski definition) is 6. The van der Waals surface area contributed by atoms with Crippen molar-refractivity contribution in [1.82, 2.24) is 5.32 Å². The Kier molecular flexibility index (Phi) is 6.07. The molecule has 7 atom stereocenters. The van der Waals surface area contributed by atoms with E-state index in [2.05, 4.69) is 10.1 Å². The van der Waals surface area contributed by atoms with Crippen molar-refractivity contribution in [3.8, 4) is 0 Å². The molecule has 11 nitrogen and oxygen atoms in total. The van der Waals surface area contributed by atoms with E-state index in [0.717, 1.165) is 13.8 Å². The number of rotatable bonds is 6. The first kappa shape index (κ1) is 18.5. The Hall–Kier alpha value is -1.79. The minimum Gasteiger partial charge on any atom is -0.477 e. The van der Waals surface area contributed by atoms with Gasteiger partial charge in [0.25, 0.3) is 5.79 Å². The molecule has 24 heavy (non-hydrogen) atoms. The van der Waals surface area contributed by atoms with E-state index in [1.54, 1.807) is 0 Å². The summed E-state index contributed by atoms with van der Waals surface area (Å²) in [5.74, 6) is -6.33. The van der Waals surface area contributed by atoms with Crippen molar-refractivity contribution in [2.24, 2.45) is 0 Å². The van der Waals surface area contributed by atoms with Crippen LogP contribution in [0, 0.1) is 0 Å². The first-order chi connectivity index (χ1) is 11.4. The predicted molar refractivity (Wildman–Crippen MR) is 74.3 cm³/mol. The molecule has 1 fully saturated rings. The van der Waals surface area contributed by atoms with Gasteiger partial charge < -0.3 is 40.3 Å². The summed E-state index contributed by atoms with van der Waals surface area (Å²) in [7, 11) is 0. The number of hydrogen-bond acceptors (Lipinski definition) is 9. The third-order valence-electron chi connectivity index (χ3n) is 3.35. The number of carbonyl (C=O) groups is 3. The van der Waals surface area contributed by atoms with Crippen LogP contribution in [-0.2, 0) is 23.9 Å². The van der Waals surface area contributed by atoms with Crippen LogP contribution in [0.25, 0.3) is 0 Å². The molecule has 0 aliphatic carbocycles. The molecule has 1 unspecified atom stereocenters. The molecule has 138 valence electrons. The van der Waals surface area contributed by atoms with Gasteiger partial charge in [-0.15, -0.1) is 0 Å². The number of esters is 1. The first-order valence-corrected chi connectivity index (χ1v) is 6.93. The topological polar surface area (TPSA) is 183 Å². The van der Waals surface area contributed by atoms with Crippen LogP contribution in [0.5, 0.6) is 0 Å². The standard InChI is InChI=1S/C13H21NO10/c1-5(15)14-9-7(17)3-13(22,12(20)21)24-11(9)10(19)8(18)4-23-6(2)16/h7-11,17-19,22H,3-4H2,1-2H3,(H,14,15)(H,20,21)/t7-,8+,9+,10+,11+,13+/m0/s1/i4T/t4?,7-,8+,9+,10+,11+,13+. The number of ether oxygens (including phenoxy) is 2. The second-order valence-corrected chi connectivity index (χ2v) is 5.40. The lowest BCUT2D eigenvalue weighted by Gasteiger charge is -2.44. The van der Waals surface area contributed by atoms with Gasteiger partial charge in [-0.1, -0.05) is 0 Å². The largest absolute Gasteiger partial charge is 0.477 e. The average molecular weight is 353 g/mol. The molecule has 0 aromatic carbocycles. The van der Waals surface area contributed by atoms with E-state index in [0.29, 0.717) is 0 Å². The van der Waals surface area contributed by atoms with Crippen molar-refractivity contribution in [1.29, 1.82) is 0 Å². The summed E-state index contributed by atoms with van der Waals surface area (Å²) in [5.41, 5.74) is 0. The Morgan fingerprint density at radius 1 is 1.42 bits per heavy atom. The van der Waals surface area contributed by atoms with Crippen molar-refractivity contribution in [2.75, 3.05) is 6.58 Å². The summed E-state index contributed by atoms with van der Waals surface area (Å²) in [4.78, 5) is 33.2. The van der Waals surface area contributed by atoms with E-state index in [1.165, 1.54) is 0 Å². The van der Waals surface area contributed by atoms with Gasteiger partial charge in [-0.3, -0.25) is 9.59 Å². The molecule has 6 N–H and O–H groups in total. The molecule has 0 saturated carbocycles. The lowest BCUT2D eigenvalue weighted by molar-refractivity contribution is -0.295. The Morgan fingerprint density at radius 3 is 2.46 bits per heavy atom. The third kappa shape index (κ3) is 4.85. The second-order valence-electron chi connectivity index (χ2n) is 5.40. The maximum atomic E-state index is 11.3. The third-order valence-corrected chi connectivity index (χ3v) is 3.35. The van der Waals surface area contributed by atoms with Gasteiger partial charge in [0, 0.05) is 20.3 Å². The number of amides is 1. The number of carboxylic acids is 1. The van der Waals surface area contributed by atoms with Crippen LogP contribution in [0.2, 0.25) is 0 Å². The van der Waals surface area contributed by atoms with E-state index in [1.807, 2.05) is 0 Å². The fourth-order valence-corrected chi connectivity index (χ4v) is 2.25. The number of nitrogens with one attached hydrogen (secondary N) is 1. The van der Waals surface area contributed by atoms with Crippen LogP contribution in [-0.4, -0.2) is 86.2 Å². The monoisotopic (exact) mass is 353 g/mol. The fourth-order valence-electron chi connectivity index (χ4n) is 2.25. The predicted octanol–water partition coefficient (Wildman–Crippen LogP) is -3.30. The first-order valence-electron chi connectivity index (χ1n) is 7.51. The molecule has 0 radical (unpaired) electrons. The molecule has 1 aliphatic rings. The van der Waals surface area contributed by atoms with Crippen molar-refractivity contribution in [3.63, 3.8) is 0 Å². The van der Waals surface area contributed by atoms with Crippen LogP contribution >= 0.6 is 0 Å². The van der Waals surface area contributed by atoms with Crippen LogP contribution in [0.15, 0.2) is 0 Å². The van der Waals surface area contributed by atoms with Gasteiger partial charge in [0.05, 0.1) is 13.5 Å². The number of carboxylic acid groups (broad SMARTS) is 1. The zero-order chi connectivity index (χ0) is 19.5. The van der Waals surface area contributed by atoms with Gasteiger partial charge in [0.1, 0.15) is 24.9 Å². The van der Waals surface area contributed by atoms with Crippen LogP contribution in [0.1, 0.15) is 21.6 Å². The van der Waals surface area contributed by atoms with Crippen molar-refractivity contribution in [2.45, 2.75) is 56.5 Å². The van der Waals surface area contributed by atoms with Gasteiger partial charge in [-0.05, 0) is 0 Å². The zero-order valence-corrected chi connectivity index (χ0v) is 12.9. The number of carbonyl (C=O) groups excluding carboxylic acids is 2. The van der Waals surface area contributed by atoms with E-state index in [9.17, 15) is 34.8 Å². The highest BCUT2D eigenvalue weighted by Crippen LogP contribution is 2.30. The Morgan fingerprint density at radius 2 is 2.00 bits per heavy atom. The van der Waals surface area contributed by atoms with Crippen LogP contribution < -0.4 is 5.32 Å². The Bertz CT molecular complexity index is 531. The summed E-state index contributed by atoms with van der Waals surface area (Å²) in [6, 6.07) is -1.40. The molecule has 0 spiro atoms. The number of aliphatic hydroxyl groups is 4. The molecule has 1 amide bonds. The van der Waals surface area contributed by atoms with E-state index in [-0.39, 0.29) is 0 Å². The SMILES string of the molecule is [3H]C(OC(C)=O)[C@@H](O)[C@@H](O)[C@@H]1O[C@@](O)(C(=O)O)C[C@H](O)[C@H]1NC(C)=O. The Labute approximate surface area is 138 Å². The van der Waals surface area contributed by atoms with Gasteiger partial charge in [0.2, 0.25) is 5.91 Å². The van der Waals surface area contributed by atoms with E-state index >= 15 is 0 Å². The molecule has 1 rings (SSSR count). The normalized spacial score (nSPS) is 34.4. The fraction of sp³-hybridized carbons (Fsp3) is 0.769. The van der Waals surface area contributed by atoms with Crippen molar-refractivity contribution < 1.29 is 50.8 Å². The molecule has 1 saturated heterocycles. The molecule has 11 heteroatoms. The van der Waals surface area contributed by atoms with Gasteiger partial charge in [0.15, 0.2) is 0 Å². The van der Waals surface area contributed by atoms with Crippen LogP contribution in [0.3, 0.4) is 0 Å². The van der Waals surface area contributed by atoms with Crippen molar-refractivity contribution in [3.05, 3.63) is 0 Å². The average Bonchev–Trinajstić information content (AvgIpc) is 2.47. The lowest BCUT2D eigenvalue weighted by atomic mass is 9.88. The molecule has 0 aromatic rings. The highest BCUT2D eigenvalue weighted by Gasteiger charge is 2.53. The zero-order valence-electron chi connectivity index (χ0n) is 13.9. The summed E-state index contributed by atoms with van der Waals surface area (Å²) < 4.78 is 16.8. The summed E-state index contributed by atoms with van der Waals surface area (Å²) >= 11 is 0. The minimum atomic E-state index is -2.89. The lowest BCUT2D eigenvalue weighted by Crippen LogP contribution is -2.67. The molecule has 1 heterocycles. The maximum Gasteiger partial charge on any atom is 0.364 e. The van der Waals surface area contributed by atoms with Crippen molar-refractivity contribution >= 4 is 17.8 Å². The van der Waals surface area contributed by atoms with E-state index < -0.39 is 67.1 Å². The highest BCUT2D eigenvalue weighted by molar-refractivity contribution is 5.76. The minimum absolute atomic E-state index is 0.664. The summed E-state index contributed by atoms with van der Waals surface area (Å²) in [6.07, 6.45) is -8.44. The quantitative estimate of drug-likeness (QED) is 0.264.